The number of carbonyl (C=O) groups excluding carboxylic acids is 4. The van der Waals surface area contributed by atoms with Gasteiger partial charge in [0, 0.05) is 24.8 Å². The highest BCUT2D eigenvalue weighted by molar-refractivity contribution is 7.91. The van der Waals surface area contributed by atoms with Gasteiger partial charge in [-0.1, -0.05) is 45.8 Å². The maximum atomic E-state index is 15.0. The molecule has 8 rings (SSSR count). The van der Waals surface area contributed by atoms with Crippen molar-refractivity contribution >= 4 is 44.5 Å². The second kappa shape index (κ2) is 17.7. The van der Waals surface area contributed by atoms with Gasteiger partial charge in [-0.3, -0.25) is 23.9 Å². The van der Waals surface area contributed by atoms with Crippen LogP contribution in [0.3, 0.4) is 0 Å². The number of rotatable bonds is 12. The first kappa shape index (κ1) is 45.5. The van der Waals surface area contributed by atoms with Crippen LogP contribution in [0.5, 0.6) is 11.6 Å². The van der Waals surface area contributed by atoms with E-state index in [4.69, 9.17) is 19.2 Å². The Morgan fingerprint density at radius 3 is 2.52 bits per heavy atom. The molecule has 1 aromatic heterocycles. The lowest BCUT2D eigenvalue weighted by molar-refractivity contribution is -0.154. The average Bonchev–Trinajstić information content (AvgIpc) is 4.17. The second-order valence-electron chi connectivity index (χ2n) is 21.0. The Morgan fingerprint density at radius 2 is 1.83 bits per heavy atom. The molecule has 0 radical (unpaired) electrons. The summed E-state index contributed by atoms with van der Waals surface area (Å²) >= 11 is 0. The average molecular weight is 889 g/mol. The van der Waals surface area contributed by atoms with Crippen LogP contribution in [-0.2, 0) is 40.4 Å². The summed E-state index contributed by atoms with van der Waals surface area (Å²) in [5, 5.41) is 0.917. The summed E-state index contributed by atoms with van der Waals surface area (Å²) in [7, 11) is -3.96. The Bertz CT molecular complexity index is 2230. The highest BCUT2D eigenvalue weighted by atomic mass is 32.2. The zero-order valence-corrected chi connectivity index (χ0v) is 38.9. The first-order valence-corrected chi connectivity index (χ1v) is 25.1. The fraction of sp³-hybridized carbons (Fsp3) is 0.694. The van der Waals surface area contributed by atoms with Crippen LogP contribution in [0.4, 0.5) is 0 Å². The molecule has 2 bridgehead atoms. The monoisotopic (exact) mass is 888 g/mol. The number of aromatic nitrogens is 1. The van der Waals surface area contributed by atoms with Crippen molar-refractivity contribution in [2.75, 3.05) is 32.8 Å². The van der Waals surface area contributed by atoms with Gasteiger partial charge in [0.05, 0.1) is 52.8 Å². The number of allylic oxidation sites excluding steroid dienone is 1. The summed E-state index contributed by atoms with van der Waals surface area (Å²) in [4.78, 5) is 66.4. The number of amides is 2. The van der Waals surface area contributed by atoms with Gasteiger partial charge in [0.25, 0.3) is 0 Å². The van der Waals surface area contributed by atoms with Crippen LogP contribution in [0.2, 0.25) is 0 Å². The normalized spacial score (nSPS) is 30.0. The molecule has 4 heterocycles. The Kier molecular flexibility index (Phi) is 12.8. The molecule has 5 fully saturated rings. The highest BCUT2D eigenvalue weighted by Gasteiger charge is 2.62. The Hall–Kier alpha value is -4.04. The van der Waals surface area contributed by atoms with Gasteiger partial charge >= 0.3 is 5.97 Å². The summed E-state index contributed by atoms with van der Waals surface area (Å²) in [6.45, 7) is 17.1. The Morgan fingerprint density at radius 1 is 1.06 bits per heavy atom. The number of benzene rings is 1. The second-order valence-corrected chi connectivity index (χ2v) is 23.2. The standard InChI is InChI=1S/C49H68N4O9S/c1-7-33-28-49(33,46(57)51-63(58,59)48(6)18-19-48)29-40(54)39-26-34-30-53(39)45(56)37(47(3,4)5)27-42(55)62-41-25-32(41)14-9-8-10-15-36-43(60-23-13-22-52-20-11-12-21-52)35-17-16-31(2)24-38(35)50-44(36)61-34/h7,16-17,24,32-34,37,39,41H,1,8-15,18-23,25-30H2,2-6H3,(H,51,57)/t32-,33-,34-,37-,39+,41-,49-/m1/s1. The minimum absolute atomic E-state index is 0.0530. The molecule has 3 aliphatic carbocycles. The van der Waals surface area contributed by atoms with Crippen molar-refractivity contribution in [2.45, 2.75) is 154 Å². The molecule has 3 saturated carbocycles. The molecule has 7 atom stereocenters. The molecule has 0 spiro atoms. The molecule has 2 aromatic rings. The number of likely N-dealkylation sites (tertiary alicyclic amines) is 1. The third kappa shape index (κ3) is 9.82. The lowest BCUT2D eigenvalue weighted by Gasteiger charge is -2.34. The lowest BCUT2D eigenvalue weighted by Crippen LogP contribution is -2.49. The fourth-order valence-electron chi connectivity index (χ4n) is 10.2. The van der Waals surface area contributed by atoms with Crippen molar-refractivity contribution in [2.24, 2.45) is 28.6 Å². The predicted molar refractivity (Wildman–Crippen MR) is 240 cm³/mol. The molecule has 344 valence electrons. The summed E-state index contributed by atoms with van der Waals surface area (Å²) in [6.07, 6.45) is 10.3. The van der Waals surface area contributed by atoms with E-state index < -0.39 is 61.5 Å². The number of nitrogens with zero attached hydrogens (tertiary/aromatic N) is 3. The van der Waals surface area contributed by atoms with Crippen molar-refractivity contribution in [1.82, 2.24) is 19.5 Å². The van der Waals surface area contributed by atoms with Crippen LogP contribution >= 0.6 is 0 Å². The number of nitrogens with one attached hydrogen (secondary N) is 1. The molecule has 2 saturated heterocycles. The molecular formula is C49H68N4O9S. The van der Waals surface area contributed by atoms with Gasteiger partial charge in [-0.2, -0.15) is 0 Å². The topological polar surface area (TPSA) is 162 Å². The molecule has 2 amide bonds. The number of pyridine rings is 1. The minimum Gasteiger partial charge on any atom is -0.492 e. The molecule has 0 unspecified atom stereocenters. The molecular weight excluding hydrogens is 821 g/mol. The van der Waals surface area contributed by atoms with E-state index in [1.54, 1.807) is 17.9 Å². The fourth-order valence-corrected chi connectivity index (χ4v) is 11.5. The van der Waals surface area contributed by atoms with Gasteiger partial charge in [0.2, 0.25) is 27.7 Å². The van der Waals surface area contributed by atoms with Crippen LogP contribution in [0.25, 0.3) is 10.9 Å². The molecule has 6 aliphatic rings. The summed E-state index contributed by atoms with van der Waals surface area (Å²) in [6, 6.07) is 5.17. The van der Waals surface area contributed by atoms with Crippen molar-refractivity contribution in [3.63, 3.8) is 0 Å². The first-order valence-electron chi connectivity index (χ1n) is 23.6. The van der Waals surface area contributed by atoms with Gasteiger partial charge in [-0.15, -0.1) is 6.58 Å². The number of esters is 1. The van der Waals surface area contributed by atoms with E-state index in [0.29, 0.717) is 37.7 Å². The number of Topliss-reactive ketones (excluding diaryl/α,β-unsaturated/α-hetero) is 1. The van der Waals surface area contributed by atoms with E-state index in [1.165, 1.54) is 12.8 Å². The predicted octanol–water partition coefficient (Wildman–Crippen LogP) is 7.01. The summed E-state index contributed by atoms with van der Waals surface area (Å²) < 4.78 is 47.4. The maximum Gasteiger partial charge on any atom is 0.306 e. The van der Waals surface area contributed by atoms with Gasteiger partial charge < -0.3 is 24.0 Å². The van der Waals surface area contributed by atoms with E-state index in [2.05, 4.69) is 28.3 Å². The number of carbonyl (C=O) groups is 4. The molecule has 63 heavy (non-hydrogen) atoms. The SMILES string of the molecule is C=C[C@@H]1C[C@]1(CC(=O)[C@@H]1C[C@@H]2CN1C(=O)[C@H](C(C)(C)C)CC(=O)O[C@@H]1C[C@H]1CCCCCc1c(nc3cc(C)ccc3c1OCCCN1CCCC1)O2)C(=O)NS(=O)(=O)C1(C)CC1. The van der Waals surface area contributed by atoms with Crippen molar-refractivity contribution in [1.29, 1.82) is 0 Å². The molecule has 13 nitrogen and oxygen atoms in total. The van der Waals surface area contributed by atoms with Crippen LogP contribution in [0.15, 0.2) is 30.9 Å². The van der Waals surface area contributed by atoms with Gasteiger partial charge in [-0.25, -0.2) is 13.4 Å². The smallest absolute Gasteiger partial charge is 0.306 e. The van der Waals surface area contributed by atoms with E-state index in [9.17, 15) is 27.6 Å². The molecule has 1 aromatic carbocycles. The van der Waals surface area contributed by atoms with Gasteiger partial charge in [-0.05, 0) is 126 Å². The van der Waals surface area contributed by atoms with Crippen LogP contribution in [-0.4, -0.2) is 103 Å². The zero-order valence-electron chi connectivity index (χ0n) is 38.0. The van der Waals surface area contributed by atoms with E-state index in [-0.39, 0.29) is 50.0 Å². The number of aryl methyl sites for hydroxylation is 1. The maximum absolute atomic E-state index is 15.0. The zero-order chi connectivity index (χ0) is 44.9. The number of ketones is 1. The first-order chi connectivity index (χ1) is 29.9. The van der Waals surface area contributed by atoms with Crippen LogP contribution in [0.1, 0.15) is 129 Å². The number of hydrogen-bond donors (Lipinski definition) is 1. The third-order valence-electron chi connectivity index (χ3n) is 15.0. The van der Waals surface area contributed by atoms with Gasteiger partial charge in [0.15, 0.2) is 5.78 Å². The minimum atomic E-state index is -3.96. The summed E-state index contributed by atoms with van der Waals surface area (Å²) in [5.41, 5.74) is 0.676. The Labute approximate surface area is 373 Å². The van der Waals surface area contributed by atoms with E-state index in [1.807, 2.05) is 33.8 Å². The number of sulfonamides is 1. The highest BCUT2D eigenvalue weighted by Crippen LogP contribution is 2.57. The van der Waals surface area contributed by atoms with Crippen molar-refractivity contribution in [3.8, 4) is 11.6 Å². The number of fused-ring (bicyclic) bond motifs is 5. The Balaban J connectivity index is 1.13. The lowest BCUT2D eigenvalue weighted by atomic mass is 9.77. The van der Waals surface area contributed by atoms with Crippen LogP contribution in [0, 0.1) is 35.5 Å². The molecule has 1 N–H and O–H groups in total. The number of hydrogen-bond acceptors (Lipinski definition) is 11. The van der Waals surface area contributed by atoms with Crippen molar-refractivity contribution < 1.29 is 41.8 Å². The van der Waals surface area contributed by atoms with E-state index >= 15 is 0 Å². The molecule has 14 heteroatoms. The quantitative estimate of drug-likeness (QED) is 0.133. The summed E-state index contributed by atoms with van der Waals surface area (Å²) in [5.74, 6) is -1.59. The molecule has 3 aliphatic heterocycles. The third-order valence-corrected chi connectivity index (χ3v) is 17.1. The largest absolute Gasteiger partial charge is 0.492 e. The van der Waals surface area contributed by atoms with E-state index in [0.717, 1.165) is 85.9 Å². The van der Waals surface area contributed by atoms with Gasteiger partial charge in [0.1, 0.15) is 18.0 Å². The van der Waals surface area contributed by atoms with Crippen molar-refractivity contribution in [3.05, 3.63) is 42.0 Å². The number of ether oxygens (including phenoxy) is 3. The van der Waals surface area contributed by atoms with Crippen LogP contribution < -0.4 is 14.2 Å².